The topological polar surface area (TPSA) is 60.9 Å². The molecule has 2 unspecified atom stereocenters. The third-order valence-corrected chi connectivity index (χ3v) is 3.98. The van der Waals surface area contributed by atoms with Crippen LogP contribution in [-0.4, -0.2) is 15.6 Å². The molecule has 112 valence electrons. The molecular weight excluding hydrogens is 262 g/mol. The van der Waals surface area contributed by atoms with Crippen molar-refractivity contribution >= 4 is 5.78 Å². The Bertz CT molecular complexity index is 604. The first-order valence-corrected chi connectivity index (χ1v) is 7.38. The monoisotopic (exact) mass is 285 g/mol. The van der Waals surface area contributed by atoms with Gasteiger partial charge in [0.2, 0.25) is 0 Å². The van der Waals surface area contributed by atoms with Crippen molar-refractivity contribution in [3.05, 3.63) is 53.3 Å². The average Bonchev–Trinajstić information content (AvgIpc) is 2.86. The molecule has 0 radical (unpaired) electrons. The lowest BCUT2D eigenvalue weighted by molar-refractivity contribution is -0.122. The van der Waals surface area contributed by atoms with Crippen LogP contribution in [0.5, 0.6) is 0 Å². The molecular formula is C17H23N3O. The van der Waals surface area contributed by atoms with Gasteiger partial charge in [-0.15, -0.1) is 0 Å². The van der Waals surface area contributed by atoms with Gasteiger partial charge in [0.05, 0.1) is 5.69 Å². The lowest BCUT2D eigenvalue weighted by atomic mass is 9.90. The maximum atomic E-state index is 12.5. The standard InChI is InChI=1S/C17H23N3O/c1-4-14-10-15(20(3)19-14)11-16(21)12(2)17(18)13-8-6-5-7-9-13/h5-10,12,17H,4,11,18H2,1-3H3. The van der Waals surface area contributed by atoms with Crippen LogP contribution < -0.4 is 5.73 Å². The molecule has 2 aromatic rings. The van der Waals surface area contributed by atoms with Crippen LogP contribution in [0.3, 0.4) is 0 Å². The predicted octanol–water partition coefficient (Wildman–Crippen LogP) is 2.43. The summed E-state index contributed by atoms with van der Waals surface area (Å²) < 4.78 is 1.79. The zero-order chi connectivity index (χ0) is 15.4. The van der Waals surface area contributed by atoms with Crippen molar-refractivity contribution in [2.24, 2.45) is 18.7 Å². The number of ketones is 1. The summed E-state index contributed by atoms with van der Waals surface area (Å²) in [5.41, 5.74) is 9.18. The van der Waals surface area contributed by atoms with E-state index in [-0.39, 0.29) is 17.7 Å². The van der Waals surface area contributed by atoms with E-state index in [4.69, 9.17) is 5.73 Å². The van der Waals surface area contributed by atoms with Gasteiger partial charge in [0.25, 0.3) is 0 Å². The van der Waals surface area contributed by atoms with Gasteiger partial charge >= 0.3 is 0 Å². The number of nitrogens with two attached hydrogens (primary N) is 1. The second-order valence-corrected chi connectivity index (χ2v) is 5.47. The molecule has 2 N–H and O–H groups in total. The highest BCUT2D eigenvalue weighted by Crippen LogP contribution is 2.21. The van der Waals surface area contributed by atoms with Gasteiger partial charge in [-0.2, -0.15) is 5.10 Å². The number of benzene rings is 1. The molecule has 0 aliphatic heterocycles. The highest BCUT2D eigenvalue weighted by atomic mass is 16.1. The molecule has 0 bridgehead atoms. The number of nitrogens with zero attached hydrogens (tertiary/aromatic N) is 2. The first kappa shape index (κ1) is 15.4. The lowest BCUT2D eigenvalue weighted by Crippen LogP contribution is -2.27. The smallest absolute Gasteiger partial charge is 0.143 e. The minimum Gasteiger partial charge on any atom is -0.323 e. The van der Waals surface area contributed by atoms with Crippen LogP contribution in [0.2, 0.25) is 0 Å². The van der Waals surface area contributed by atoms with Gasteiger partial charge < -0.3 is 5.73 Å². The van der Waals surface area contributed by atoms with Crippen LogP contribution in [0, 0.1) is 5.92 Å². The highest BCUT2D eigenvalue weighted by molar-refractivity contribution is 5.83. The molecule has 0 fully saturated rings. The maximum Gasteiger partial charge on any atom is 0.143 e. The number of aryl methyl sites for hydroxylation is 2. The van der Waals surface area contributed by atoms with E-state index in [0.717, 1.165) is 23.4 Å². The zero-order valence-corrected chi connectivity index (χ0v) is 12.9. The summed E-state index contributed by atoms with van der Waals surface area (Å²) in [6.45, 7) is 3.96. The van der Waals surface area contributed by atoms with Crippen LogP contribution in [0.25, 0.3) is 0 Å². The van der Waals surface area contributed by atoms with E-state index in [1.807, 2.05) is 50.4 Å². The van der Waals surface area contributed by atoms with Gasteiger partial charge in [-0.05, 0) is 18.1 Å². The zero-order valence-electron chi connectivity index (χ0n) is 12.9. The fourth-order valence-corrected chi connectivity index (χ4v) is 2.41. The van der Waals surface area contributed by atoms with Gasteiger partial charge in [-0.3, -0.25) is 9.48 Å². The molecule has 4 nitrogen and oxygen atoms in total. The summed E-state index contributed by atoms with van der Waals surface area (Å²) in [6.07, 6.45) is 1.26. The molecule has 0 spiro atoms. The predicted molar refractivity (Wildman–Crippen MR) is 83.8 cm³/mol. The minimum atomic E-state index is -0.266. The summed E-state index contributed by atoms with van der Waals surface area (Å²) in [5.74, 6) is -0.0654. The summed E-state index contributed by atoms with van der Waals surface area (Å²) >= 11 is 0. The number of aromatic nitrogens is 2. The summed E-state index contributed by atoms with van der Waals surface area (Å²) in [6, 6.07) is 11.5. The number of hydrogen-bond donors (Lipinski definition) is 1. The second kappa shape index (κ2) is 6.68. The minimum absolute atomic E-state index is 0.150. The summed E-state index contributed by atoms with van der Waals surface area (Å²) in [7, 11) is 1.88. The van der Waals surface area contributed by atoms with Crippen molar-refractivity contribution in [2.45, 2.75) is 32.7 Å². The van der Waals surface area contributed by atoms with Gasteiger partial charge in [-0.25, -0.2) is 0 Å². The Hall–Kier alpha value is -1.94. The van der Waals surface area contributed by atoms with Crippen LogP contribution in [0.15, 0.2) is 36.4 Å². The SMILES string of the molecule is CCc1cc(CC(=O)C(C)C(N)c2ccccc2)n(C)n1. The normalized spacial score (nSPS) is 13.9. The van der Waals surface area contributed by atoms with Crippen LogP contribution in [0.4, 0.5) is 0 Å². The Morgan fingerprint density at radius 2 is 2.00 bits per heavy atom. The van der Waals surface area contributed by atoms with Crippen molar-refractivity contribution in [1.82, 2.24) is 9.78 Å². The molecule has 0 aliphatic carbocycles. The van der Waals surface area contributed by atoms with E-state index < -0.39 is 0 Å². The van der Waals surface area contributed by atoms with Crippen LogP contribution in [-0.2, 0) is 24.7 Å². The highest BCUT2D eigenvalue weighted by Gasteiger charge is 2.23. The fourth-order valence-electron chi connectivity index (χ4n) is 2.41. The Morgan fingerprint density at radius 3 is 2.57 bits per heavy atom. The van der Waals surface area contributed by atoms with Crippen molar-refractivity contribution in [3.8, 4) is 0 Å². The Morgan fingerprint density at radius 1 is 1.33 bits per heavy atom. The third-order valence-electron chi connectivity index (χ3n) is 3.98. The molecule has 1 aromatic heterocycles. The Balaban J connectivity index is 2.07. The molecule has 2 rings (SSSR count). The van der Waals surface area contributed by atoms with E-state index in [1.165, 1.54) is 0 Å². The largest absolute Gasteiger partial charge is 0.323 e. The molecule has 0 amide bonds. The van der Waals surface area contributed by atoms with Gasteiger partial charge in [-0.1, -0.05) is 44.2 Å². The fraction of sp³-hybridized carbons (Fsp3) is 0.412. The van der Waals surface area contributed by atoms with E-state index in [1.54, 1.807) is 4.68 Å². The first-order chi connectivity index (χ1) is 10.0. The van der Waals surface area contributed by atoms with Crippen molar-refractivity contribution in [1.29, 1.82) is 0 Å². The Labute approximate surface area is 126 Å². The van der Waals surface area contributed by atoms with Crippen LogP contribution in [0.1, 0.15) is 36.8 Å². The van der Waals surface area contributed by atoms with E-state index in [2.05, 4.69) is 12.0 Å². The molecule has 21 heavy (non-hydrogen) atoms. The van der Waals surface area contributed by atoms with E-state index >= 15 is 0 Å². The number of carbonyl (C=O) groups is 1. The number of hydrogen-bond acceptors (Lipinski definition) is 3. The summed E-state index contributed by atoms with van der Waals surface area (Å²) in [5, 5.41) is 4.38. The third kappa shape index (κ3) is 3.58. The maximum absolute atomic E-state index is 12.5. The molecule has 0 aliphatic rings. The first-order valence-electron chi connectivity index (χ1n) is 7.38. The van der Waals surface area contributed by atoms with Crippen molar-refractivity contribution in [2.75, 3.05) is 0 Å². The Kier molecular flexibility index (Phi) is 4.91. The van der Waals surface area contributed by atoms with Crippen molar-refractivity contribution in [3.63, 3.8) is 0 Å². The molecule has 4 heteroatoms. The van der Waals surface area contributed by atoms with Crippen molar-refractivity contribution < 1.29 is 4.79 Å². The molecule has 1 aromatic carbocycles. The van der Waals surface area contributed by atoms with Gasteiger partial charge in [0.15, 0.2) is 0 Å². The summed E-state index contributed by atoms with van der Waals surface area (Å²) in [4.78, 5) is 12.5. The second-order valence-electron chi connectivity index (χ2n) is 5.47. The number of carbonyl (C=O) groups excluding carboxylic acids is 1. The number of rotatable bonds is 6. The van der Waals surface area contributed by atoms with E-state index in [9.17, 15) is 4.79 Å². The number of Topliss-reactive ketones (excluding diaryl/α,β-unsaturated/α-hetero) is 1. The quantitative estimate of drug-likeness (QED) is 0.886. The van der Waals surface area contributed by atoms with Gasteiger partial charge in [0, 0.05) is 31.1 Å². The molecule has 1 heterocycles. The lowest BCUT2D eigenvalue weighted by Gasteiger charge is -2.19. The van der Waals surface area contributed by atoms with Gasteiger partial charge in [0.1, 0.15) is 5.78 Å². The molecule has 0 saturated carbocycles. The molecule has 2 atom stereocenters. The molecule has 0 saturated heterocycles. The van der Waals surface area contributed by atoms with Crippen LogP contribution >= 0.6 is 0 Å². The van der Waals surface area contributed by atoms with E-state index in [0.29, 0.717) is 6.42 Å². The average molecular weight is 285 g/mol.